The number of nitrogens with one attached hydrogen (secondary N) is 2. The molecule has 3 rings (SSSR count). The molecule has 0 bridgehead atoms. The molecule has 0 saturated carbocycles. The van der Waals surface area contributed by atoms with E-state index in [9.17, 15) is 23.1 Å². The highest BCUT2D eigenvalue weighted by atomic mass is 35.5. The molecule has 2 aromatic carbocycles. The first-order valence-corrected chi connectivity index (χ1v) is 11.7. The summed E-state index contributed by atoms with van der Waals surface area (Å²) in [6.45, 7) is 3.04. The second-order valence-corrected chi connectivity index (χ2v) is 9.89. The Hall–Kier alpha value is -3.83. The summed E-state index contributed by atoms with van der Waals surface area (Å²) in [7, 11) is -3.98. The van der Waals surface area contributed by atoms with Crippen molar-refractivity contribution in [2.75, 3.05) is 10.6 Å². The number of anilines is 2. The maximum Gasteiger partial charge on any atom is 0.281 e. The van der Waals surface area contributed by atoms with Gasteiger partial charge in [0.1, 0.15) is 11.0 Å². The zero-order valence-corrected chi connectivity index (χ0v) is 19.5. The third kappa shape index (κ3) is 5.21. The molecule has 4 N–H and O–H groups in total. The van der Waals surface area contributed by atoms with E-state index in [1.54, 1.807) is 12.1 Å². The lowest BCUT2D eigenvalue weighted by Gasteiger charge is -2.16. The normalized spacial score (nSPS) is 12.7. The Balaban J connectivity index is 1.77. The molecule has 2 amide bonds. The fourth-order valence-electron chi connectivity index (χ4n) is 2.87. The Labute approximate surface area is 199 Å². The minimum atomic E-state index is -3.98. The Morgan fingerprint density at radius 3 is 2.35 bits per heavy atom. The van der Waals surface area contributed by atoms with Gasteiger partial charge in [-0.15, -0.1) is 0 Å². The van der Waals surface area contributed by atoms with Gasteiger partial charge in [-0.2, -0.15) is 0 Å². The number of furan rings is 1. The highest BCUT2D eigenvalue weighted by Crippen LogP contribution is 2.34. The molecule has 0 aliphatic heterocycles. The van der Waals surface area contributed by atoms with Crippen LogP contribution in [0, 0.1) is 6.92 Å². The average molecular weight is 506 g/mol. The van der Waals surface area contributed by atoms with Gasteiger partial charge in [-0.1, -0.05) is 34.5 Å². The van der Waals surface area contributed by atoms with Gasteiger partial charge in [0.2, 0.25) is 11.6 Å². The number of aromatic hydroxyl groups is 1. The summed E-state index contributed by atoms with van der Waals surface area (Å²) in [6, 6.07) is 11.1. The highest BCUT2D eigenvalue weighted by molar-refractivity contribution is 7.92. The van der Waals surface area contributed by atoms with Crippen LogP contribution in [0.5, 0.6) is 5.75 Å². The maximum absolute atomic E-state index is 12.8. The van der Waals surface area contributed by atoms with E-state index in [1.807, 2.05) is 6.92 Å². The topological polar surface area (TPSA) is 158 Å². The predicted octanol–water partition coefficient (Wildman–Crippen LogP) is 3.56. The van der Waals surface area contributed by atoms with Crippen LogP contribution in [-0.4, -0.2) is 41.5 Å². The number of phenolic OH excluding ortho intramolecular Hbond substituents is 1. The van der Waals surface area contributed by atoms with Crippen LogP contribution >= 0.6 is 11.6 Å². The highest BCUT2D eigenvalue weighted by Gasteiger charge is 2.30. The molecule has 0 fully saturated rings. The van der Waals surface area contributed by atoms with E-state index < -0.39 is 38.4 Å². The van der Waals surface area contributed by atoms with Gasteiger partial charge in [0, 0.05) is 6.07 Å². The van der Waals surface area contributed by atoms with Crippen molar-refractivity contribution >= 4 is 50.3 Å². The van der Waals surface area contributed by atoms with E-state index in [2.05, 4.69) is 15.8 Å². The summed E-state index contributed by atoms with van der Waals surface area (Å²) in [5.74, 6) is -2.28. The quantitative estimate of drug-likeness (QED) is 0.165. The molecular weight excluding hydrogens is 486 g/mol. The number of amides is 2. The lowest BCUT2D eigenvalue weighted by atomic mass is 10.2. The Morgan fingerprint density at radius 1 is 1.09 bits per heavy atom. The van der Waals surface area contributed by atoms with Crippen LogP contribution < -0.4 is 10.6 Å². The molecule has 3 aromatic rings. The average Bonchev–Trinajstić information content (AvgIpc) is 3.31. The fourth-order valence-corrected chi connectivity index (χ4v) is 4.34. The Morgan fingerprint density at radius 2 is 1.76 bits per heavy atom. The van der Waals surface area contributed by atoms with E-state index in [0.29, 0.717) is 0 Å². The van der Waals surface area contributed by atoms with Gasteiger partial charge in [0.15, 0.2) is 15.6 Å². The SMILES string of the molecule is Cc1ccc(S(=O)(=O)C(C)C(=O)Nc2cc(O)c(NC(=O)C(=NO)c3ccco3)cc2Cl)cc1. The number of benzene rings is 2. The second-order valence-electron chi connectivity index (χ2n) is 7.22. The Bertz CT molecular complexity index is 1350. The van der Waals surface area contributed by atoms with Gasteiger partial charge in [-0.05, 0) is 44.2 Å². The van der Waals surface area contributed by atoms with E-state index in [0.717, 1.165) is 17.7 Å². The van der Waals surface area contributed by atoms with Gasteiger partial charge in [0.25, 0.3) is 5.91 Å². The zero-order valence-electron chi connectivity index (χ0n) is 17.9. The van der Waals surface area contributed by atoms with Crippen LogP contribution in [-0.2, 0) is 19.4 Å². The summed E-state index contributed by atoms with van der Waals surface area (Å²) < 4.78 is 30.5. The van der Waals surface area contributed by atoms with E-state index in [1.165, 1.54) is 37.5 Å². The number of carbonyl (C=O) groups excluding carboxylic acids is 2. The van der Waals surface area contributed by atoms with Crippen molar-refractivity contribution in [1.82, 2.24) is 0 Å². The molecule has 10 nitrogen and oxygen atoms in total. The summed E-state index contributed by atoms with van der Waals surface area (Å²) >= 11 is 6.17. The summed E-state index contributed by atoms with van der Waals surface area (Å²) in [5, 5.41) is 25.4. The standard InChI is InChI=1S/C22H20ClN3O7S/c1-12-5-7-14(8-6-12)34(31,32)13(2)21(28)24-16-11-18(27)17(10-15(16)23)25-22(29)20(26-30)19-4-3-9-33-19/h3-11,13,27,30H,1-2H3,(H,24,28)(H,25,29). The molecule has 178 valence electrons. The number of sulfone groups is 1. The molecule has 0 spiro atoms. The number of hydrogen-bond donors (Lipinski definition) is 4. The molecule has 34 heavy (non-hydrogen) atoms. The molecule has 1 atom stereocenters. The van der Waals surface area contributed by atoms with Crippen LogP contribution in [0.25, 0.3) is 0 Å². The number of nitrogens with zero attached hydrogens (tertiary/aromatic N) is 1. The van der Waals surface area contributed by atoms with Crippen LogP contribution in [0.1, 0.15) is 18.2 Å². The molecule has 0 saturated heterocycles. The van der Waals surface area contributed by atoms with Crippen LogP contribution in [0.2, 0.25) is 5.02 Å². The first-order chi connectivity index (χ1) is 16.0. The third-order valence-corrected chi connectivity index (χ3v) is 7.23. The number of rotatable bonds is 7. The van der Waals surface area contributed by atoms with Crippen molar-refractivity contribution in [3.63, 3.8) is 0 Å². The summed E-state index contributed by atoms with van der Waals surface area (Å²) in [4.78, 5) is 25.0. The van der Waals surface area contributed by atoms with Gasteiger partial charge in [0.05, 0.1) is 27.6 Å². The van der Waals surface area contributed by atoms with E-state index in [-0.39, 0.29) is 27.1 Å². The molecule has 1 unspecified atom stereocenters. The molecule has 1 aromatic heterocycles. The number of aryl methyl sites for hydroxylation is 1. The summed E-state index contributed by atoms with van der Waals surface area (Å²) in [5.41, 5.74) is 0.191. The van der Waals surface area contributed by atoms with Gasteiger partial charge >= 0.3 is 0 Å². The number of oxime groups is 1. The van der Waals surface area contributed by atoms with Crippen molar-refractivity contribution in [3.05, 3.63) is 71.1 Å². The zero-order chi connectivity index (χ0) is 25.0. The molecule has 1 heterocycles. The lowest BCUT2D eigenvalue weighted by molar-refractivity contribution is -0.115. The van der Waals surface area contributed by atoms with Crippen molar-refractivity contribution < 1.29 is 32.7 Å². The van der Waals surface area contributed by atoms with Crippen molar-refractivity contribution in [2.24, 2.45) is 5.16 Å². The first kappa shape index (κ1) is 24.8. The third-order valence-electron chi connectivity index (χ3n) is 4.85. The van der Waals surface area contributed by atoms with Crippen LogP contribution in [0.4, 0.5) is 11.4 Å². The monoisotopic (exact) mass is 505 g/mol. The molecule has 0 aliphatic rings. The molecule has 0 aliphatic carbocycles. The lowest BCUT2D eigenvalue weighted by Crippen LogP contribution is -2.32. The second kappa shape index (κ2) is 9.98. The smallest absolute Gasteiger partial charge is 0.281 e. The number of hydrogen-bond acceptors (Lipinski definition) is 8. The number of halogens is 1. The maximum atomic E-state index is 12.8. The minimum absolute atomic E-state index is 0.00865. The molecular formula is C22H20ClN3O7S. The molecule has 0 radical (unpaired) electrons. The summed E-state index contributed by atoms with van der Waals surface area (Å²) in [6.07, 6.45) is 1.28. The van der Waals surface area contributed by atoms with Crippen molar-refractivity contribution in [1.29, 1.82) is 0 Å². The van der Waals surface area contributed by atoms with Crippen molar-refractivity contribution in [2.45, 2.75) is 24.0 Å². The Kier molecular flexibility index (Phi) is 7.28. The number of carbonyl (C=O) groups is 2. The largest absolute Gasteiger partial charge is 0.506 e. The first-order valence-electron chi connectivity index (χ1n) is 9.75. The van der Waals surface area contributed by atoms with Crippen LogP contribution in [0.3, 0.4) is 0 Å². The minimum Gasteiger partial charge on any atom is -0.506 e. The van der Waals surface area contributed by atoms with Gasteiger partial charge in [-0.25, -0.2) is 8.42 Å². The van der Waals surface area contributed by atoms with Crippen molar-refractivity contribution in [3.8, 4) is 5.75 Å². The number of phenols is 1. The van der Waals surface area contributed by atoms with E-state index >= 15 is 0 Å². The predicted molar refractivity (Wildman–Crippen MR) is 125 cm³/mol. The molecule has 12 heteroatoms. The fraction of sp³-hybridized carbons (Fsp3) is 0.136. The van der Waals surface area contributed by atoms with E-state index in [4.69, 9.17) is 21.2 Å². The van der Waals surface area contributed by atoms with Gasteiger partial charge in [-0.3, -0.25) is 9.59 Å². The van der Waals surface area contributed by atoms with Crippen LogP contribution in [0.15, 0.2) is 69.3 Å². The van der Waals surface area contributed by atoms with Gasteiger partial charge < -0.3 is 25.4 Å².